The van der Waals surface area contributed by atoms with E-state index in [0.717, 1.165) is 37.7 Å². The summed E-state index contributed by atoms with van der Waals surface area (Å²) in [4.78, 5) is 0. The topological polar surface area (TPSA) is 63.6 Å². The molecular weight excluding hydrogens is 348 g/mol. The molecular formula is C21H36O4S. The number of aryl methyl sites for hydroxylation is 2. The molecule has 1 rings (SSSR count). The van der Waals surface area contributed by atoms with Crippen LogP contribution in [0.3, 0.4) is 0 Å². The standard InChI is InChI=1S/C21H36O4S/c1-4-7-9-11-13-18-15-16-19(14-12-10-8-5-2)20(17-18)25-21(6-3)26(22,23)24/h15-17,21H,4-14H2,1-3H3,(H,22,23,24). The Bertz CT molecular complexity index is 610. The molecule has 0 aromatic heterocycles. The SMILES string of the molecule is CCCCCCc1ccc(CCCCCC)c(OC(CC)S(=O)(=O)O)c1. The summed E-state index contributed by atoms with van der Waals surface area (Å²) in [5.74, 6) is 0.610. The van der Waals surface area contributed by atoms with E-state index in [1.165, 1.54) is 37.7 Å². The summed E-state index contributed by atoms with van der Waals surface area (Å²) in [6.45, 7) is 6.08. The highest BCUT2D eigenvalue weighted by atomic mass is 32.2. The van der Waals surface area contributed by atoms with Crippen molar-refractivity contribution >= 4 is 10.1 Å². The van der Waals surface area contributed by atoms with Gasteiger partial charge in [-0.15, -0.1) is 0 Å². The third-order valence-electron chi connectivity index (χ3n) is 4.67. The Morgan fingerprint density at radius 1 is 0.923 bits per heavy atom. The van der Waals surface area contributed by atoms with Gasteiger partial charge in [0.2, 0.25) is 5.44 Å². The lowest BCUT2D eigenvalue weighted by atomic mass is 10.0. The van der Waals surface area contributed by atoms with Gasteiger partial charge >= 0.3 is 10.1 Å². The summed E-state index contributed by atoms with van der Waals surface area (Å²) >= 11 is 0. The van der Waals surface area contributed by atoms with E-state index in [1.807, 2.05) is 6.07 Å². The molecule has 1 atom stereocenters. The maximum Gasteiger partial charge on any atom is 0.303 e. The number of rotatable bonds is 14. The number of unbranched alkanes of at least 4 members (excludes halogenated alkanes) is 6. The van der Waals surface area contributed by atoms with Crippen LogP contribution in [0.25, 0.3) is 0 Å². The average molecular weight is 385 g/mol. The molecule has 0 aliphatic rings. The predicted molar refractivity (Wildman–Crippen MR) is 108 cm³/mol. The third-order valence-corrected chi connectivity index (χ3v) is 5.77. The van der Waals surface area contributed by atoms with Crippen molar-refractivity contribution in [3.05, 3.63) is 29.3 Å². The van der Waals surface area contributed by atoms with Crippen molar-refractivity contribution in [2.75, 3.05) is 0 Å². The van der Waals surface area contributed by atoms with Crippen molar-refractivity contribution < 1.29 is 17.7 Å². The maximum atomic E-state index is 11.5. The molecule has 26 heavy (non-hydrogen) atoms. The molecule has 1 aromatic rings. The van der Waals surface area contributed by atoms with Crippen molar-refractivity contribution in [2.24, 2.45) is 0 Å². The number of benzene rings is 1. The Hall–Kier alpha value is -1.07. The Morgan fingerprint density at radius 3 is 2.08 bits per heavy atom. The van der Waals surface area contributed by atoms with Gasteiger partial charge in [-0.05, 0) is 49.3 Å². The Balaban J connectivity index is 2.89. The van der Waals surface area contributed by atoms with Gasteiger partial charge in [-0.3, -0.25) is 4.55 Å². The fraction of sp³-hybridized carbons (Fsp3) is 0.714. The van der Waals surface area contributed by atoms with Gasteiger partial charge in [-0.1, -0.05) is 71.4 Å². The van der Waals surface area contributed by atoms with Crippen molar-refractivity contribution in [1.29, 1.82) is 0 Å². The molecule has 0 saturated heterocycles. The molecule has 1 aromatic carbocycles. The Morgan fingerprint density at radius 2 is 1.54 bits per heavy atom. The minimum absolute atomic E-state index is 0.217. The van der Waals surface area contributed by atoms with Crippen LogP contribution in [0.4, 0.5) is 0 Å². The molecule has 0 saturated carbocycles. The molecule has 0 heterocycles. The zero-order valence-electron chi connectivity index (χ0n) is 16.7. The van der Waals surface area contributed by atoms with Gasteiger partial charge in [-0.25, -0.2) is 0 Å². The van der Waals surface area contributed by atoms with Crippen LogP contribution in [0.1, 0.15) is 89.7 Å². The first-order valence-electron chi connectivity index (χ1n) is 10.2. The minimum atomic E-state index is -4.22. The summed E-state index contributed by atoms with van der Waals surface area (Å²) in [5, 5.41) is 0. The van der Waals surface area contributed by atoms with E-state index in [-0.39, 0.29) is 6.42 Å². The Labute approximate surface area is 160 Å². The van der Waals surface area contributed by atoms with Gasteiger partial charge < -0.3 is 4.74 Å². The van der Waals surface area contributed by atoms with Crippen LogP contribution in [0.5, 0.6) is 5.75 Å². The third kappa shape index (κ3) is 8.54. The molecule has 1 N–H and O–H groups in total. The lowest BCUT2D eigenvalue weighted by molar-refractivity contribution is 0.250. The van der Waals surface area contributed by atoms with Crippen LogP contribution in [-0.2, 0) is 23.0 Å². The van der Waals surface area contributed by atoms with Gasteiger partial charge in [0.15, 0.2) is 0 Å². The molecule has 1 unspecified atom stereocenters. The van der Waals surface area contributed by atoms with E-state index in [1.54, 1.807) is 6.92 Å². The predicted octanol–water partition coefficient (Wildman–Crippen LogP) is 5.93. The lowest BCUT2D eigenvalue weighted by Gasteiger charge is -2.18. The molecule has 0 amide bonds. The van der Waals surface area contributed by atoms with Crippen LogP contribution in [0.15, 0.2) is 18.2 Å². The fourth-order valence-electron chi connectivity index (χ4n) is 3.07. The van der Waals surface area contributed by atoms with Gasteiger partial charge in [0.25, 0.3) is 0 Å². The number of ether oxygens (including phenoxy) is 1. The molecule has 0 aliphatic carbocycles. The zero-order chi connectivity index (χ0) is 19.4. The molecule has 0 aliphatic heterocycles. The first kappa shape index (κ1) is 23.0. The summed E-state index contributed by atoms with van der Waals surface area (Å²) in [6, 6.07) is 6.16. The van der Waals surface area contributed by atoms with Crippen molar-refractivity contribution in [3.8, 4) is 5.75 Å². The Kier molecular flexibility index (Phi) is 10.9. The molecule has 0 bridgehead atoms. The van der Waals surface area contributed by atoms with Gasteiger partial charge in [0, 0.05) is 0 Å². The highest BCUT2D eigenvalue weighted by Crippen LogP contribution is 2.26. The summed E-state index contributed by atoms with van der Waals surface area (Å²) in [5.41, 5.74) is 0.992. The normalized spacial score (nSPS) is 12.9. The van der Waals surface area contributed by atoms with Gasteiger partial charge in [-0.2, -0.15) is 8.42 Å². The van der Waals surface area contributed by atoms with E-state index in [2.05, 4.69) is 26.0 Å². The van der Waals surface area contributed by atoms with Crippen LogP contribution < -0.4 is 4.74 Å². The second-order valence-corrected chi connectivity index (χ2v) is 8.59. The molecule has 0 spiro atoms. The molecule has 0 fully saturated rings. The van der Waals surface area contributed by atoms with Gasteiger partial charge in [0.05, 0.1) is 0 Å². The zero-order valence-corrected chi connectivity index (χ0v) is 17.5. The van der Waals surface area contributed by atoms with Crippen molar-refractivity contribution in [3.63, 3.8) is 0 Å². The molecule has 5 heteroatoms. The van der Waals surface area contributed by atoms with Crippen molar-refractivity contribution in [1.82, 2.24) is 0 Å². The molecule has 150 valence electrons. The smallest absolute Gasteiger partial charge is 0.303 e. The van der Waals surface area contributed by atoms with Crippen LogP contribution in [0, 0.1) is 0 Å². The number of hydrogen-bond donors (Lipinski definition) is 1. The van der Waals surface area contributed by atoms with E-state index < -0.39 is 15.6 Å². The van der Waals surface area contributed by atoms with Crippen LogP contribution in [0.2, 0.25) is 0 Å². The second-order valence-electron chi connectivity index (χ2n) is 7.03. The van der Waals surface area contributed by atoms with E-state index >= 15 is 0 Å². The monoisotopic (exact) mass is 384 g/mol. The molecule has 0 radical (unpaired) electrons. The average Bonchev–Trinajstić information content (AvgIpc) is 2.60. The summed E-state index contributed by atoms with van der Waals surface area (Å²) < 4.78 is 38.2. The van der Waals surface area contributed by atoms with Crippen molar-refractivity contribution in [2.45, 2.75) is 96.8 Å². The summed E-state index contributed by atoms with van der Waals surface area (Å²) in [7, 11) is -4.22. The van der Waals surface area contributed by atoms with Gasteiger partial charge in [0.1, 0.15) is 5.75 Å². The minimum Gasteiger partial charge on any atom is -0.472 e. The largest absolute Gasteiger partial charge is 0.472 e. The fourth-order valence-corrected chi connectivity index (χ4v) is 3.71. The van der Waals surface area contributed by atoms with E-state index in [0.29, 0.717) is 5.75 Å². The van der Waals surface area contributed by atoms with Crippen LogP contribution >= 0.6 is 0 Å². The first-order valence-corrected chi connectivity index (χ1v) is 11.7. The molecule has 4 nitrogen and oxygen atoms in total. The number of hydrogen-bond acceptors (Lipinski definition) is 3. The highest BCUT2D eigenvalue weighted by Gasteiger charge is 2.24. The first-order chi connectivity index (χ1) is 12.4. The van der Waals surface area contributed by atoms with Crippen LogP contribution in [-0.4, -0.2) is 18.4 Å². The lowest BCUT2D eigenvalue weighted by Crippen LogP contribution is -2.26. The second kappa shape index (κ2) is 12.3. The highest BCUT2D eigenvalue weighted by molar-refractivity contribution is 7.86. The van der Waals surface area contributed by atoms with E-state index in [4.69, 9.17) is 4.74 Å². The maximum absolute atomic E-state index is 11.5. The van der Waals surface area contributed by atoms with E-state index in [9.17, 15) is 13.0 Å². The summed E-state index contributed by atoms with van der Waals surface area (Å²) in [6.07, 6.45) is 11.4. The quantitative estimate of drug-likeness (QED) is 0.319.